The van der Waals surface area contributed by atoms with Crippen LogP contribution in [-0.2, 0) is 0 Å². The van der Waals surface area contributed by atoms with Crippen LogP contribution >= 0.6 is 11.3 Å². The second-order valence-corrected chi connectivity index (χ2v) is 6.64. The van der Waals surface area contributed by atoms with Crippen molar-refractivity contribution >= 4 is 38.3 Å². The van der Waals surface area contributed by atoms with Crippen LogP contribution in [0, 0.1) is 11.8 Å². The summed E-state index contributed by atoms with van der Waals surface area (Å²) in [5.41, 5.74) is 9.68. The second kappa shape index (κ2) is 6.82. The van der Waals surface area contributed by atoms with E-state index in [9.17, 15) is 0 Å². The Morgan fingerprint density at radius 1 is 1.04 bits per heavy atom. The molecule has 1 aromatic carbocycles. The Morgan fingerprint density at radius 3 is 2.81 bits per heavy atom. The molecule has 0 unspecified atom stereocenters. The van der Waals surface area contributed by atoms with E-state index < -0.39 is 0 Å². The lowest BCUT2D eigenvalue weighted by atomic mass is 10.1. The highest BCUT2D eigenvalue weighted by atomic mass is 32.1. The van der Waals surface area contributed by atoms with Crippen molar-refractivity contribution in [3.05, 3.63) is 60.4 Å². The molecule has 0 amide bonds. The first-order valence-electron chi connectivity index (χ1n) is 7.99. The van der Waals surface area contributed by atoms with Crippen molar-refractivity contribution in [2.75, 3.05) is 11.1 Å². The van der Waals surface area contributed by atoms with Gasteiger partial charge in [-0.15, -0.1) is 5.92 Å². The number of aromatic nitrogens is 3. The number of benzene rings is 1. The van der Waals surface area contributed by atoms with Gasteiger partial charge in [0.15, 0.2) is 5.13 Å². The minimum Gasteiger partial charge on any atom is -0.384 e. The summed E-state index contributed by atoms with van der Waals surface area (Å²) in [5, 5.41) is 3.98. The lowest BCUT2D eigenvalue weighted by Gasteiger charge is -2.01. The zero-order chi connectivity index (χ0) is 17.9. The summed E-state index contributed by atoms with van der Waals surface area (Å²) in [6.07, 6.45) is 3.62. The molecule has 0 fully saturated rings. The van der Waals surface area contributed by atoms with E-state index in [4.69, 9.17) is 5.73 Å². The SMILES string of the molecule is CC#Cc1cncc(-c2ccc3nc(Nc4cccc(N)n4)sc3c2)c1. The molecular weight excluding hydrogens is 342 g/mol. The van der Waals surface area contributed by atoms with Crippen LogP contribution in [0.3, 0.4) is 0 Å². The highest BCUT2D eigenvalue weighted by molar-refractivity contribution is 7.22. The first-order chi connectivity index (χ1) is 12.7. The molecule has 0 aliphatic rings. The van der Waals surface area contributed by atoms with Crippen LogP contribution in [0.2, 0.25) is 0 Å². The largest absolute Gasteiger partial charge is 0.384 e. The van der Waals surface area contributed by atoms with Gasteiger partial charge in [0.05, 0.1) is 10.2 Å². The summed E-state index contributed by atoms with van der Waals surface area (Å²) in [5.74, 6) is 7.10. The number of nitrogens with one attached hydrogen (secondary N) is 1. The molecule has 0 aliphatic heterocycles. The van der Waals surface area contributed by atoms with Gasteiger partial charge in [0.1, 0.15) is 11.6 Å². The van der Waals surface area contributed by atoms with Crippen molar-refractivity contribution in [1.82, 2.24) is 15.0 Å². The molecule has 0 bridgehead atoms. The lowest BCUT2D eigenvalue weighted by Crippen LogP contribution is -1.95. The molecule has 4 aromatic rings. The normalized spacial score (nSPS) is 10.3. The predicted molar refractivity (Wildman–Crippen MR) is 107 cm³/mol. The molecule has 0 radical (unpaired) electrons. The summed E-state index contributed by atoms with van der Waals surface area (Å²) >= 11 is 1.57. The van der Waals surface area contributed by atoms with E-state index in [0.717, 1.165) is 32.0 Å². The maximum atomic E-state index is 5.72. The van der Waals surface area contributed by atoms with Gasteiger partial charge in [0.2, 0.25) is 0 Å². The zero-order valence-corrected chi connectivity index (χ0v) is 14.8. The number of anilines is 3. The first-order valence-corrected chi connectivity index (χ1v) is 8.81. The third-order valence-electron chi connectivity index (χ3n) is 3.73. The molecule has 3 aromatic heterocycles. The molecule has 3 N–H and O–H groups in total. The summed E-state index contributed by atoms with van der Waals surface area (Å²) in [6.45, 7) is 1.82. The Hall–Kier alpha value is -3.43. The van der Waals surface area contributed by atoms with Crippen molar-refractivity contribution in [1.29, 1.82) is 0 Å². The van der Waals surface area contributed by atoms with Gasteiger partial charge < -0.3 is 11.1 Å². The quantitative estimate of drug-likeness (QED) is 0.530. The van der Waals surface area contributed by atoms with E-state index in [1.807, 2.05) is 43.5 Å². The van der Waals surface area contributed by atoms with Gasteiger partial charge in [-0.25, -0.2) is 9.97 Å². The number of nitrogens with zero attached hydrogens (tertiary/aromatic N) is 3. The summed E-state index contributed by atoms with van der Waals surface area (Å²) in [7, 11) is 0. The van der Waals surface area contributed by atoms with E-state index >= 15 is 0 Å². The molecule has 6 heteroatoms. The molecule has 0 atom stereocenters. The maximum absolute atomic E-state index is 5.72. The number of hydrogen-bond acceptors (Lipinski definition) is 6. The Labute approximate surface area is 155 Å². The fourth-order valence-corrected chi connectivity index (χ4v) is 3.51. The monoisotopic (exact) mass is 357 g/mol. The number of nitrogens with two attached hydrogens (primary N) is 1. The van der Waals surface area contributed by atoms with E-state index in [1.165, 1.54) is 0 Å². The van der Waals surface area contributed by atoms with Crippen molar-refractivity contribution in [3.8, 4) is 23.0 Å². The van der Waals surface area contributed by atoms with E-state index in [-0.39, 0.29) is 0 Å². The number of hydrogen-bond donors (Lipinski definition) is 2. The molecular formula is C20H15N5S. The molecule has 0 spiro atoms. The number of fused-ring (bicyclic) bond motifs is 1. The molecule has 0 saturated carbocycles. The fraction of sp³-hybridized carbons (Fsp3) is 0.0500. The molecule has 0 aliphatic carbocycles. The topological polar surface area (TPSA) is 76.7 Å². The van der Waals surface area contributed by atoms with Crippen LogP contribution in [0.15, 0.2) is 54.9 Å². The van der Waals surface area contributed by atoms with Crippen molar-refractivity contribution in [2.45, 2.75) is 6.92 Å². The number of pyridine rings is 2. The minimum atomic E-state index is 0.473. The smallest absolute Gasteiger partial charge is 0.189 e. The van der Waals surface area contributed by atoms with Crippen LogP contribution in [0.1, 0.15) is 12.5 Å². The van der Waals surface area contributed by atoms with Gasteiger partial charge in [-0.1, -0.05) is 29.4 Å². The minimum absolute atomic E-state index is 0.473. The Balaban J connectivity index is 1.67. The number of nitrogen functional groups attached to an aromatic ring is 1. The standard InChI is InChI=1S/C20H15N5S/c1-2-4-13-9-15(12-22-11-13)14-7-8-16-17(10-14)26-20(23-16)25-19-6-3-5-18(21)24-19/h3,5-12H,1H3,(H3,21,23,24,25). The lowest BCUT2D eigenvalue weighted by molar-refractivity contribution is 1.30. The Kier molecular flexibility index (Phi) is 4.22. The number of rotatable bonds is 3. The van der Waals surface area contributed by atoms with Crippen molar-refractivity contribution in [2.24, 2.45) is 0 Å². The van der Waals surface area contributed by atoms with Crippen molar-refractivity contribution < 1.29 is 0 Å². The van der Waals surface area contributed by atoms with Gasteiger partial charge in [-0.3, -0.25) is 4.98 Å². The van der Waals surface area contributed by atoms with Crippen molar-refractivity contribution in [3.63, 3.8) is 0 Å². The Morgan fingerprint density at radius 2 is 1.96 bits per heavy atom. The second-order valence-electron chi connectivity index (χ2n) is 5.61. The van der Waals surface area contributed by atoms with Gasteiger partial charge in [0, 0.05) is 23.5 Å². The van der Waals surface area contributed by atoms with Gasteiger partial charge in [0.25, 0.3) is 0 Å². The van der Waals surface area contributed by atoms with Crippen LogP contribution in [0.4, 0.5) is 16.8 Å². The average Bonchev–Trinajstić information content (AvgIpc) is 3.03. The summed E-state index contributed by atoms with van der Waals surface area (Å²) in [4.78, 5) is 13.1. The van der Waals surface area contributed by atoms with Crippen LogP contribution in [0.25, 0.3) is 21.3 Å². The molecule has 5 nitrogen and oxygen atoms in total. The van der Waals surface area contributed by atoms with Gasteiger partial charge in [-0.05, 0) is 42.8 Å². The van der Waals surface area contributed by atoms with E-state index in [1.54, 1.807) is 23.6 Å². The zero-order valence-electron chi connectivity index (χ0n) is 14.0. The molecule has 0 saturated heterocycles. The summed E-state index contributed by atoms with van der Waals surface area (Å²) in [6, 6.07) is 13.7. The Bertz CT molecular complexity index is 1150. The molecule has 26 heavy (non-hydrogen) atoms. The van der Waals surface area contributed by atoms with Gasteiger partial charge in [-0.2, -0.15) is 0 Å². The average molecular weight is 357 g/mol. The first kappa shape index (κ1) is 16.1. The third-order valence-corrected chi connectivity index (χ3v) is 4.67. The molecule has 4 rings (SSSR count). The van der Waals surface area contributed by atoms with Crippen LogP contribution < -0.4 is 11.1 Å². The maximum Gasteiger partial charge on any atom is 0.189 e. The molecule has 3 heterocycles. The summed E-state index contributed by atoms with van der Waals surface area (Å²) < 4.78 is 1.08. The predicted octanol–water partition coefficient (Wildman–Crippen LogP) is 4.45. The highest BCUT2D eigenvalue weighted by Crippen LogP contribution is 2.31. The highest BCUT2D eigenvalue weighted by Gasteiger charge is 2.07. The van der Waals surface area contributed by atoms with Crippen LogP contribution in [-0.4, -0.2) is 15.0 Å². The fourth-order valence-electron chi connectivity index (χ4n) is 2.60. The number of thiazole rings is 1. The van der Waals surface area contributed by atoms with Gasteiger partial charge >= 0.3 is 0 Å². The van der Waals surface area contributed by atoms with E-state index in [0.29, 0.717) is 11.6 Å². The molecule has 126 valence electrons. The van der Waals surface area contributed by atoms with E-state index in [2.05, 4.69) is 38.2 Å². The third kappa shape index (κ3) is 3.34. The van der Waals surface area contributed by atoms with Crippen LogP contribution in [0.5, 0.6) is 0 Å².